The number of nitrogens with zero attached hydrogens (tertiary/aromatic N) is 2. The van der Waals surface area contributed by atoms with Crippen LogP contribution in [0.4, 0.5) is 16.4 Å². The Morgan fingerprint density at radius 1 is 1.19 bits per heavy atom. The topological polar surface area (TPSA) is 136 Å². The molecule has 3 rings (SSSR count). The minimum atomic E-state index is -3.72. The number of rotatable bonds is 7. The van der Waals surface area contributed by atoms with Crippen LogP contribution in [0.25, 0.3) is 0 Å². The summed E-state index contributed by atoms with van der Waals surface area (Å²) in [6, 6.07) is 6.03. The normalized spacial score (nSPS) is 19.1. The number of benzene rings is 1. The van der Waals surface area contributed by atoms with Gasteiger partial charge < -0.3 is 15.4 Å². The van der Waals surface area contributed by atoms with Crippen LogP contribution in [0.1, 0.15) is 57.9 Å². The molecule has 0 radical (unpaired) electrons. The van der Waals surface area contributed by atoms with Gasteiger partial charge in [-0.05, 0) is 75.3 Å². The van der Waals surface area contributed by atoms with E-state index in [4.69, 9.17) is 9.88 Å². The zero-order valence-corrected chi connectivity index (χ0v) is 18.8. The first-order valence-corrected chi connectivity index (χ1v) is 11.8. The number of nitrogens with two attached hydrogens (primary N) is 1. The minimum absolute atomic E-state index is 0.0410. The average Bonchev–Trinajstić information content (AvgIpc) is 3.16. The molecule has 10 heteroatoms. The minimum Gasteiger partial charge on any atom is -0.446 e. The highest BCUT2D eigenvalue weighted by atomic mass is 32.2. The molecule has 4 N–H and O–H groups in total. The van der Waals surface area contributed by atoms with E-state index in [0.717, 1.165) is 31.2 Å². The Morgan fingerprint density at radius 3 is 2.42 bits per heavy atom. The number of hydrogen-bond acceptors (Lipinski definition) is 7. The molecule has 1 fully saturated rings. The highest BCUT2D eigenvalue weighted by molar-refractivity contribution is 7.89. The van der Waals surface area contributed by atoms with Crippen molar-refractivity contribution >= 4 is 27.8 Å². The summed E-state index contributed by atoms with van der Waals surface area (Å²) in [5.41, 5.74) is 1.36. The second-order valence-electron chi connectivity index (χ2n) is 8.43. The van der Waals surface area contributed by atoms with E-state index in [1.807, 2.05) is 20.8 Å². The number of nitrogens with one attached hydrogen (secondary N) is 2. The van der Waals surface area contributed by atoms with Gasteiger partial charge in [0.25, 0.3) is 0 Å². The summed E-state index contributed by atoms with van der Waals surface area (Å²) in [6.45, 7) is 5.95. The Hall–Kier alpha value is -2.72. The van der Waals surface area contributed by atoms with Gasteiger partial charge in [0.15, 0.2) is 0 Å². The fraction of sp³-hybridized carbons (Fsp3) is 0.476. The van der Waals surface area contributed by atoms with Crippen molar-refractivity contribution < 1.29 is 17.9 Å². The van der Waals surface area contributed by atoms with Gasteiger partial charge in [-0.1, -0.05) is 6.92 Å². The number of primary sulfonamides is 1. The van der Waals surface area contributed by atoms with Crippen LogP contribution >= 0.6 is 0 Å². The maximum atomic E-state index is 12.1. The lowest BCUT2D eigenvalue weighted by Gasteiger charge is -2.25. The van der Waals surface area contributed by atoms with E-state index in [-0.39, 0.29) is 28.5 Å². The molecule has 1 aromatic heterocycles. The summed E-state index contributed by atoms with van der Waals surface area (Å²) in [4.78, 5) is 20.8. The first kappa shape index (κ1) is 23.0. The second-order valence-corrected chi connectivity index (χ2v) is 10.00. The molecule has 0 bridgehead atoms. The number of alkyl carbamates (subject to hydrolysis) is 1. The van der Waals surface area contributed by atoms with Gasteiger partial charge >= 0.3 is 6.09 Å². The lowest BCUT2D eigenvalue weighted by molar-refractivity contribution is 0.0922. The Morgan fingerprint density at radius 2 is 1.84 bits per heavy atom. The Bertz CT molecular complexity index is 1010. The molecule has 2 aromatic rings. The molecule has 0 unspecified atom stereocenters. The molecule has 1 heterocycles. The standard InChI is InChI=1S/C21H29N5O4S/c1-4-21(2,3)26-20(27)30-17-8-5-14(11-17)15-12-23-19(24-13-15)25-16-6-9-18(10-7-16)31(22,28)29/h6-7,9-10,12-14,17H,4-5,8,11H2,1-3H3,(H,26,27)(H2,22,28,29)(H,23,24,25)/t14-,17-/m0/s1. The van der Waals surface area contributed by atoms with E-state index in [9.17, 15) is 13.2 Å². The van der Waals surface area contributed by atoms with Crippen molar-refractivity contribution in [2.45, 2.75) is 68.9 Å². The molecule has 168 valence electrons. The van der Waals surface area contributed by atoms with E-state index >= 15 is 0 Å². The smallest absolute Gasteiger partial charge is 0.407 e. The van der Waals surface area contributed by atoms with E-state index in [1.54, 1.807) is 24.5 Å². The molecule has 1 aliphatic rings. The summed E-state index contributed by atoms with van der Waals surface area (Å²) >= 11 is 0. The maximum Gasteiger partial charge on any atom is 0.407 e. The summed E-state index contributed by atoms with van der Waals surface area (Å²) in [5, 5.41) is 11.0. The largest absolute Gasteiger partial charge is 0.446 e. The lowest BCUT2D eigenvalue weighted by atomic mass is 10.0. The third-order valence-electron chi connectivity index (χ3n) is 5.56. The van der Waals surface area contributed by atoms with Gasteiger partial charge in [-0.3, -0.25) is 0 Å². The maximum absolute atomic E-state index is 12.1. The van der Waals surface area contributed by atoms with E-state index in [0.29, 0.717) is 11.6 Å². The van der Waals surface area contributed by atoms with Gasteiger partial charge in [0.1, 0.15) is 6.10 Å². The number of hydrogen-bond donors (Lipinski definition) is 3. The van der Waals surface area contributed by atoms with Crippen LogP contribution in [-0.4, -0.2) is 36.1 Å². The van der Waals surface area contributed by atoms with Gasteiger partial charge in [-0.2, -0.15) is 0 Å². The molecule has 9 nitrogen and oxygen atoms in total. The third kappa shape index (κ3) is 6.38. The highest BCUT2D eigenvalue weighted by Crippen LogP contribution is 2.35. The number of carbonyl (C=O) groups excluding carboxylic acids is 1. The SMILES string of the molecule is CCC(C)(C)NC(=O)O[C@H]1CC[C@H](c2cnc(Nc3ccc(S(N)(=O)=O)cc3)nc2)C1. The van der Waals surface area contributed by atoms with Crippen molar-refractivity contribution in [3.63, 3.8) is 0 Å². The van der Waals surface area contributed by atoms with Crippen LogP contribution in [0.5, 0.6) is 0 Å². The molecule has 1 aliphatic carbocycles. The van der Waals surface area contributed by atoms with Crippen LogP contribution in [0.2, 0.25) is 0 Å². The molecule has 1 saturated carbocycles. The zero-order valence-electron chi connectivity index (χ0n) is 18.0. The molecular weight excluding hydrogens is 418 g/mol. The second kappa shape index (κ2) is 9.19. The van der Waals surface area contributed by atoms with Gasteiger partial charge in [0.2, 0.25) is 16.0 Å². The summed E-state index contributed by atoms with van der Waals surface area (Å²) < 4.78 is 28.2. The van der Waals surface area contributed by atoms with E-state index in [2.05, 4.69) is 20.6 Å². The Kier molecular flexibility index (Phi) is 6.80. The summed E-state index contributed by atoms with van der Waals surface area (Å²) in [6.07, 6.45) is 6.31. The monoisotopic (exact) mass is 447 g/mol. The number of amides is 1. The van der Waals surface area contributed by atoms with Crippen LogP contribution in [0, 0.1) is 0 Å². The van der Waals surface area contributed by atoms with Crippen molar-refractivity contribution in [2.24, 2.45) is 5.14 Å². The number of anilines is 2. The Balaban J connectivity index is 1.54. The molecule has 2 atom stereocenters. The molecule has 0 saturated heterocycles. The van der Waals surface area contributed by atoms with Crippen molar-refractivity contribution in [2.75, 3.05) is 5.32 Å². The van der Waals surface area contributed by atoms with Crippen LogP contribution < -0.4 is 15.8 Å². The molecule has 0 aliphatic heterocycles. The highest BCUT2D eigenvalue weighted by Gasteiger charge is 2.30. The lowest BCUT2D eigenvalue weighted by Crippen LogP contribution is -2.44. The van der Waals surface area contributed by atoms with Crippen LogP contribution in [-0.2, 0) is 14.8 Å². The molecular formula is C21H29N5O4S. The van der Waals surface area contributed by atoms with Crippen LogP contribution in [0.15, 0.2) is 41.6 Å². The summed E-state index contributed by atoms with van der Waals surface area (Å²) in [7, 11) is -3.72. The predicted octanol–water partition coefficient (Wildman–Crippen LogP) is 3.42. The van der Waals surface area contributed by atoms with Gasteiger partial charge in [-0.15, -0.1) is 0 Å². The van der Waals surface area contributed by atoms with Crippen LogP contribution in [0.3, 0.4) is 0 Å². The molecule has 1 aromatic carbocycles. The molecule has 1 amide bonds. The number of ether oxygens (including phenoxy) is 1. The fourth-order valence-electron chi connectivity index (χ4n) is 3.37. The van der Waals surface area contributed by atoms with Crippen molar-refractivity contribution in [1.29, 1.82) is 0 Å². The summed E-state index contributed by atoms with van der Waals surface area (Å²) in [5.74, 6) is 0.638. The van der Waals surface area contributed by atoms with Gasteiger partial charge in [-0.25, -0.2) is 28.3 Å². The quantitative estimate of drug-likeness (QED) is 0.591. The van der Waals surface area contributed by atoms with Gasteiger partial charge in [0, 0.05) is 23.6 Å². The zero-order chi connectivity index (χ0) is 22.6. The van der Waals surface area contributed by atoms with Crippen molar-refractivity contribution in [1.82, 2.24) is 15.3 Å². The third-order valence-corrected chi connectivity index (χ3v) is 6.49. The van der Waals surface area contributed by atoms with Crippen molar-refractivity contribution in [3.8, 4) is 0 Å². The molecule has 0 spiro atoms. The van der Waals surface area contributed by atoms with Gasteiger partial charge in [0.05, 0.1) is 4.90 Å². The van der Waals surface area contributed by atoms with Crippen molar-refractivity contribution in [3.05, 3.63) is 42.2 Å². The average molecular weight is 448 g/mol. The van der Waals surface area contributed by atoms with E-state index < -0.39 is 10.0 Å². The molecule has 31 heavy (non-hydrogen) atoms. The van der Waals surface area contributed by atoms with E-state index in [1.165, 1.54) is 12.1 Å². The number of carbonyl (C=O) groups is 1. The number of aromatic nitrogens is 2. The first-order chi connectivity index (χ1) is 14.6. The first-order valence-electron chi connectivity index (χ1n) is 10.3. The Labute approximate surface area is 182 Å². The predicted molar refractivity (Wildman–Crippen MR) is 117 cm³/mol. The fourth-order valence-corrected chi connectivity index (χ4v) is 3.88. The number of sulfonamides is 1.